The molecule has 0 heterocycles. The molecule has 0 aromatic heterocycles. The van der Waals surface area contributed by atoms with Gasteiger partial charge < -0.3 is 10.4 Å². The molecule has 6 heteroatoms. The van der Waals surface area contributed by atoms with Crippen LogP contribution in [0.5, 0.6) is 0 Å². The molecule has 1 aromatic rings. The van der Waals surface area contributed by atoms with Crippen LogP contribution in [-0.4, -0.2) is 28.9 Å². The van der Waals surface area contributed by atoms with E-state index in [1.165, 1.54) is 0 Å². The fourth-order valence-corrected chi connectivity index (χ4v) is 3.67. The smallest absolute Gasteiger partial charge is 0.323 e. The number of halogens is 2. The second kappa shape index (κ2) is 6.84. The van der Waals surface area contributed by atoms with Gasteiger partial charge in [-0.1, -0.05) is 30.1 Å². The monoisotopic (exact) mass is 321 g/mol. The molecule has 0 aliphatic heterocycles. The summed E-state index contributed by atoms with van der Waals surface area (Å²) in [6.45, 7) is 3.66. The third-order valence-corrected chi connectivity index (χ3v) is 4.41. The van der Waals surface area contributed by atoms with Gasteiger partial charge in [0, 0.05) is 20.2 Å². The molecule has 2 N–H and O–H groups in total. The largest absolute Gasteiger partial charge is 0.480 e. The number of nitrogens with one attached hydrogen (secondary N) is 1. The van der Waals surface area contributed by atoms with Gasteiger partial charge in [0.25, 0.3) is 0 Å². The van der Waals surface area contributed by atoms with Crippen LogP contribution in [0.4, 0.5) is 0 Å². The predicted molar refractivity (Wildman–Crippen MR) is 81.5 cm³/mol. The van der Waals surface area contributed by atoms with Crippen molar-refractivity contribution in [3.05, 3.63) is 28.2 Å². The van der Waals surface area contributed by atoms with E-state index in [1.807, 2.05) is 19.1 Å². The molecule has 0 fully saturated rings. The van der Waals surface area contributed by atoms with Gasteiger partial charge in [0.05, 0.1) is 0 Å². The maximum atomic E-state index is 11.2. The average molecular weight is 322 g/mol. The van der Waals surface area contributed by atoms with E-state index in [9.17, 15) is 9.90 Å². The van der Waals surface area contributed by atoms with Crippen LogP contribution in [0, 0.1) is 0 Å². The highest BCUT2D eigenvalue weighted by Crippen LogP contribution is 2.32. The molecule has 19 heavy (non-hydrogen) atoms. The summed E-state index contributed by atoms with van der Waals surface area (Å²) in [7, 11) is 1.65. The third-order valence-electron chi connectivity index (χ3n) is 2.89. The molecule has 3 nitrogen and oxygen atoms in total. The number of rotatable bonds is 6. The molecule has 0 radical (unpaired) electrons. The van der Waals surface area contributed by atoms with Crippen LogP contribution in [0.15, 0.2) is 23.1 Å². The summed E-state index contributed by atoms with van der Waals surface area (Å²) in [6, 6.07) is 5.32. The Hall–Kier alpha value is -0.420. The maximum Gasteiger partial charge on any atom is 0.323 e. The molecule has 0 aliphatic carbocycles. The molecule has 0 amide bonds. The molecule has 0 bridgehead atoms. The number of carboxylic acid groups (broad SMARTS) is 1. The van der Waals surface area contributed by atoms with Crippen molar-refractivity contribution in [2.75, 3.05) is 7.05 Å². The van der Waals surface area contributed by atoms with E-state index in [0.29, 0.717) is 16.5 Å². The number of aliphatic carboxylic acids is 1. The highest BCUT2D eigenvalue weighted by atomic mass is 35.5. The maximum absolute atomic E-state index is 11.2. The number of hydrogen-bond acceptors (Lipinski definition) is 3. The van der Waals surface area contributed by atoms with Crippen molar-refractivity contribution >= 4 is 40.9 Å². The van der Waals surface area contributed by atoms with E-state index < -0.39 is 11.5 Å². The van der Waals surface area contributed by atoms with Crippen LogP contribution < -0.4 is 5.32 Å². The zero-order chi connectivity index (χ0) is 14.6. The Morgan fingerprint density at radius 1 is 1.42 bits per heavy atom. The van der Waals surface area contributed by atoms with Crippen LogP contribution in [0.3, 0.4) is 0 Å². The number of thioether (sulfide) groups is 1. The van der Waals surface area contributed by atoms with Gasteiger partial charge in [0.1, 0.15) is 5.54 Å². The van der Waals surface area contributed by atoms with Crippen molar-refractivity contribution in [1.29, 1.82) is 0 Å². The minimum absolute atomic E-state index is 0.114. The van der Waals surface area contributed by atoms with Crippen molar-refractivity contribution < 1.29 is 9.90 Å². The van der Waals surface area contributed by atoms with E-state index in [2.05, 4.69) is 5.32 Å². The first-order valence-corrected chi connectivity index (χ1v) is 7.45. The SMILES string of the molecule is CNC(C)(CC(C)Sc1cc(Cl)cc(Cl)c1)C(=O)O. The van der Waals surface area contributed by atoms with Crippen molar-refractivity contribution in [2.24, 2.45) is 0 Å². The molecule has 106 valence electrons. The fraction of sp³-hybridized carbons (Fsp3) is 0.462. The zero-order valence-electron chi connectivity index (χ0n) is 11.0. The standard InChI is InChI=1S/C13H17Cl2NO2S/c1-8(7-13(2,16-3)12(17)18)19-11-5-9(14)4-10(15)6-11/h4-6,8,16H,7H2,1-3H3,(H,17,18). The van der Waals surface area contributed by atoms with Crippen LogP contribution in [-0.2, 0) is 4.79 Å². The average Bonchev–Trinajstić information content (AvgIpc) is 2.26. The summed E-state index contributed by atoms with van der Waals surface area (Å²) in [5.41, 5.74) is -0.936. The molecule has 1 aromatic carbocycles. The number of benzene rings is 1. The first-order chi connectivity index (χ1) is 8.76. The lowest BCUT2D eigenvalue weighted by molar-refractivity contribution is -0.144. The summed E-state index contributed by atoms with van der Waals surface area (Å²) in [5, 5.41) is 13.3. The van der Waals surface area contributed by atoms with Crippen molar-refractivity contribution in [3.63, 3.8) is 0 Å². The van der Waals surface area contributed by atoms with Crippen LogP contribution in [0.1, 0.15) is 20.3 Å². The third kappa shape index (κ3) is 4.88. The first kappa shape index (κ1) is 16.6. The van der Waals surface area contributed by atoms with Gasteiger partial charge in [-0.2, -0.15) is 0 Å². The molecule has 0 spiro atoms. The summed E-state index contributed by atoms with van der Waals surface area (Å²) in [5.74, 6) is -0.855. The second-order valence-electron chi connectivity index (χ2n) is 4.63. The summed E-state index contributed by atoms with van der Waals surface area (Å²) in [4.78, 5) is 12.2. The Balaban J connectivity index is 2.74. The Kier molecular flexibility index (Phi) is 5.99. The lowest BCUT2D eigenvalue weighted by Gasteiger charge is -2.27. The van der Waals surface area contributed by atoms with E-state index in [0.717, 1.165) is 4.90 Å². The Morgan fingerprint density at radius 3 is 2.37 bits per heavy atom. The minimum atomic E-state index is -0.936. The normalized spacial score (nSPS) is 15.8. The van der Waals surface area contributed by atoms with Crippen molar-refractivity contribution in [2.45, 2.75) is 36.0 Å². The van der Waals surface area contributed by atoms with Crippen molar-refractivity contribution in [1.82, 2.24) is 5.32 Å². The molecule has 2 atom stereocenters. The number of carboxylic acids is 1. The van der Waals surface area contributed by atoms with Gasteiger partial charge in [-0.3, -0.25) is 4.79 Å². The van der Waals surface area contributed by atoms with Crippen LogP contribution in [0.25, 0.3) is 0 Å². The fourth-order valence-electron chi connectivity index (χ4n) is 1.74. The summed E-state index contributed by atoms with van der Waals surface area (Å²) >= 11 is 13.4. The molecule has 1 rings (SSSR count). The van der Waals surface area contributed by atoms with Gasteiger partial charge in [0.15, 0.2) is 0 Å². The summed E-state index contributed by atoms with van der Waals surface area (Å²) in [6.07, 6.45) is 0.494. The predicted octanol–water partition coefficient (Wildman–Crippen LogP) is 3.93. The number of likely N-dealkylation sites (N-methyl/N-ethyl adjacent to an activating group) is 1. The quantitative estimate of drug-likeness (QED) is 0.779. The van der Waals surface area contributed by atoms with E-state index in [-0.39, 0.29) is 5.25 Å². The topological polar surface area (TPSA) is 49.3 Å². The lowest BCUT2D eigenvalue weighted by atomic mass is 9.96. The van der Waals surface area contributed by atoms with E-state index >= 15 is 0 Å². The molecule has 0 saturated carbocycles. The molecule has 0 saturated heterocycles. The number of carbonyl (C=O) groups is 1. The van der Waals surface area contributed by atoms with Gasteiger partial charge in [0.2, 0.25) is 0 Å². The van der Waals surface area contributed by atoms with Crippen LogP contribution >= 0.6 is 35.0 Å². The summed E-state index contributed by atoms with van der Waals surface area (Å²) < 4.78 is 0. The van der Waals surface area contributed by atoms with Crippen molar-refractivity contribution in [3.8, 4) is 0 Å². The van der Waals surface area contributed by atoms with Gasteiger partial charge >= 0.3 is 5.97 Å². The van der Waals surface area contributed by atoms with Crippen LogP contribution in [0.2, 0.25) is 10.0 Å². The number of hydrogen-bond donors (Lipinski definition) is 2. The molecular weight excluding hydrogens is 305 g/mol. The van der Waals surface area contributed by atoms with E-state index in [4.69, 9.17) is 23.2 Å². The second-order valence-corrected chi connectivity index (χ2v) is 7.01. The first-order valence-electron chi connectivity index (χ1n) is 5.82. The molecular formula is C13H17Cl2NO2S. The van der Waals surface area contributed by atoms with Gasteiger partial charge in [-0.25, -0.2) is 0 Å². The molecule has 2 unspecified atom stereocenters. The Bertz CT molecular complexity index is 450. The van der Waals surface area contributed by atoms with Gasteiger partial charge in [-0.05, 0) is 38.6 Å². The Morgan fingerprint density at radius 2 is 1.95 bits per heavy atom. The Labute approximate surface area is 127 Å². The van der Waals surface area contributed by atoms with Gasteiger partial charge in [-0.15, -0.1) is 11.8 Å². The highest BCUT2D eigenvalue weighted by Gasteiger charge is 2.33. The highest BCUT2D eigenvalue weighted by molar-refractivity contribution is 8.00. The zero-order valence-corrected chi connectivity index (χ0v) is 13.4. The lowest BCUT2D eigenvalue weighted by Crippen LogP contribution is -2.49. The molecule has 0 aliphatic rings. The van der Waals surface area contributed by atoms with E-state index in [1.54, 1.807) is 31.8 Å². The minimum Gasteiger partial charge on any atom is -0.480 e.